The molecule has 116 valence electrons. The average molecular weight is 300 g/mol. The standard InChI is InChI=1S/C17H20N2O3/c1-22-17(21)19-11-14-6-8-16(9-7-14)18-10-13-2-4-15(12-20)5-3-13/h2-9,18,20H,10-12H2,1H3,(H,19,21). The topological polar surface area (TPSA) is 70.6 Å². The van der Waals surface area contributed by atoms with Gasteiger partial charge in [-0.25, -0.2) is 4.79 Å². The molecule has 2 aromatic rings. The molecule has 5 nitrogen and oxygen atoms in total. The van der Waals surface area contributed by atoms with Gasteiger partial charge in [-0.2, -0.15) is 0 Å². The summed E-state index contributed by atoms with van der Waals surface area (Å²) < 4.78 is 4.52. The highest BCUT2D eigenvalue weighted by Gasteiger charge is 2.00. The molecule has 0 unspecified atom stereocenters. The van der Waals surface area contributed by atoms with E-state index in [1.807, 2.05) is 48.5 Å². The molecule has 0 radical (unpaired) electrons. The van der Waals surface area contributed by atoms with Gasteiger partial charge in [-0.15, -0.1) is 0 Å². The van der Waals surface area contributed by atoms with Gasteiger partial charge in [-0.3, -0.25) is 0 Å². The fourth-order valence-electron chi connectivity index (χ4n) is 1.95. The minimum atomic E-state index is -0.437. The van der Waals surface area contributed by atoms with E-state index in [-0.39, 0.29) is 6.61 Å². The average Bonchev–Trinajstić information content (AvgIpc) is 2.59. The van der Waals surface area contributed by atoms with E-state index >= 15 is 0 Å². The number of methoxy groups -OCH3 is 1. The van der Waals surface area contributed by atoms with Crippen LogP contribution in [0.25, 0.3) is 0 Å². The van der Waals surface area contributed by atoms with Crippen LogP contribution in [0.2, 0.25) is 0 Å². The van der Waals surface area contributed by atoms with Crippen molar-refractivity contribution in [2.45, 2.75) is 19.7 Å². The fraction of sp³-hybridized carbons (Fsp3) is 0.235. The number of hydrogen-bond acceptors (Lipinski definition) is 4. The zero-order chi connectivity index (χ0) is 15.8. The summed E-state index contributed by atoms with van der Waals surface area (Å²) in [6.45, 7) is 1.22. The number of carbonyl (C=O) groups is 1. The van der Waals surface area contributed by atoms with Crippen LogP contribution in [0.15, 0.2) is 48.5 Å². The maximum Gasteiger partial charge on any atom is 0.407 e. The normalized spacial score (nSPS) is 10.1. The highest BCUT2D eigenvalue weighted by atomic mass is 16.5. The molecule has 2 aromatic carbocycles. The number of rotatable bonds is 6. The number of ether oxygens (including phenoxy) is 1. The molecule has 5 heteroatoms. The lowest BCUT2D eigenvalue weighted by Gasteiger charge is -2.09. The van der Waals surface area contributed by atoms with Crippen LogP contribution in [-0.2, 0) is 24.4 Å². The lowest BCUT2D eigenvalue weighted by molar-refractivity contribution is 0.170. The molecule has 0 aliphatic heterocycles. The van der Waals surface area contributed by atoms with Gasteiger partial charge in [0.05, 0.1) is 13.7 Å². The first-order valence-corrected chi connectivity index (χ1v) is 7.04. The van der Waals surface area contributed by atoms with E-state index < -0.39 is 6.09 Å². The van der Waals surface area contributed by atoms with E-state index in [9.17, 15) is 4.79 Å². The van der Waals surface area contributed by atoms with Crippen LogP contribution in [0.5, 0.6) is 0 Å². The second-order valence-electron chi connectivity index (χ2n) is 4.87. The smallest absolute Gasteiger partial charge is 0.407 e. The number of aliphatic hydroxyl groups excluding tert-OH is 1. The Morgan fingerprint density at radius 2 is 1.50 bits per heavy atom. The van der Waals surface area contributed by atoms with Crippen molar-refractivity contribution >= 4 is 11.8 Å². The van der Waals surface area contributed by atoms with Crippen LogP contribution in [0.4, 0.5) is 10.5 Å². The summed E-state index contributed by atoms with van der Waals surface area (Å²) in [6.07, 6.45) is -0.437. The number of anilines is 1. The molecule has 0 saturated carbocycles. The highest BCUT2D eigenvalue weighted by Crippen LogP contribution is 2.12. The predicted molar refractivity (Wildman–Crippen MR) is 85.4 cm³/mol. The van der Waals surface area contributed by atoms with Crippen LogP contribution in [0.3, 0.4) is 0 Å². The maximum absolute atomic E-state index is 11.0. The van der Waals surface area contributed by atoms with Crippen molar-refractivity contribution in [2.24, 2.45) is 0 Å². The SMILES string of the molecule is COC(=O)NCc1ccc(NCc2ccc(CO)cc2)cc1. The molecule has 0 fully saturated rings. The number of aliphatic hydroxyl groups is 1. The molecule has 0 atom stereocenters. The van der Waals surface area contributed by atoms with Gasteiger partial charge in [-0.05, 0) is 28.8 Å². The van der Waals surface area contributed by atoms with Gasteiger partial charge >= 0.3 is 6.09 Å². The minimum absolute atomic E-state index is 0.0643. The van der Waals surface area contributed by atoms with E-state index in [2.05, 4.69) is 15.4 Å². The molecule has 22 heavy (non-hydrogen) atoms. The number of hydrogen-bond donors (Lipinski definition) is 3. The van der Waals surface area contributed by atoms with Gasteiger partial charge in [0.2, 0.25) is 0 Å². The summed E-state index contributed by atoms with van der Waals surface area (Å²) in [5, 5.41) is 15.0. The Morgan fingerprint density at radius 3 is 2.09 bits per heavy atom. The van der Waals surface area contributed by atoms with Crippen LogP contribution in [0, 0.1) is 0 Å². The van der Waals surface area contributed by atoms with Crippen LogP contribution in [0.1, 0.15) is 16.7 Å². The van der Waals surface area contributed by atoms with Crippen molar-refractivity contribution < 1.29 is 14.6 Å². The Morgan fingerprint density at radius 1 is 0.955 bits per heavy atom. The summed E-state index contributed by atoms with van der Waals surface area (Å²) >= 11 is 0. The van der Waals surface area contributed by atoms with Crippen LogP contribution in [-0.4, -0.2) is 18.3 Å². The van der Waals surface area contributed by atoms with Crippen molar-refractivity contribution in [2.75, 3.05) is 12.4 Å². The van der Waals surface area contributed by atoms with Crippen LogP contribution >= 0.6 is 0 Å². The summed E-state index contributed by atoms with van der Waals surface area (Å²) in [5.41, 5.74) is 4.07. The summed E-state index contributed by atoms with van der Waals surface area (Å²) in [6, 6.07) is 15.7. The number of amides is 1. The Bertz CT molecular complexity index is 594. The van der Waals surface area contributed by atoms with E-state index in [1.54, 1.807) is 0 Å². The molecule has 0 bridgehead atoms. The molecule has 0 aliphatic carbocycles. The Labute approximate surface area is 129 Å². The zero-order valence-corrected chi connectivity index (χ0v) is 12.5. The zero-order valence-electron chi connectivity index (χ0n) is 12.5. The molecular formula is C17H20N2O3. The third-order valence-electron chi connectivity index (χ3n) is 3.28. The van der Waals surface area contributed by atoms with Gasteiger partial charge in [0.25, 0.3) is 0 Å². The summed E-state index contributed by atoms with van der Waals surface area (Å²) in [7, 11) is 1.34. The predicted octanol–water partition coefficient (Wildman–Crippen LogP) is 2.65. The van der Waals surface area contributed by atoms with Crippen molar-refractivity contribution in [3.05, 3.63) is 65.2 Å². The quantitative estimate of drug-likeness (QED) is 0.767. The number of nitrogens with one attached hydrogen (secondary N) is 2. The molecule has 0 aliphatic rings. The fourth-order valence-corrected chi connectivity index (χ4v) is 1.95. The molecule has 0 heterocycles. The number of benzene rings is 2. The van der Waals surface area contributed by atoms with Crippen molar-refractivity contribution in [1.82, 2.24) is 5.32 Å². The van der Waals surface area contributed by atoms with Crippen molar-refractivity contribution in [3.63, 3.8) is 0 Å². The van der Waals surface area contributed by atoms with Gasteiger partial charge in [0, 0.05) is 18.8 Å². The molecular weight excluding hydrogens is 280 g/mol. The van der Waals surface area contributed by atoms with E-state index in [0.29, 0.717) is 13.1 Å². The Kier molecular flexibility index (Phi) is 5.80. The van der Waals surface area contributed by atoms with E-state index in [1.165, 1.54) is 7.11 Å². The number of alkyl carbamates (subject to hydrolysis) is 1. The number of carbonyl (C=O) groups excluding carboxylic acids is 1. The van der Waals surface area contributed by atoms with E-state index in [0.717, 1.165) is 22.4 Å². The third kappa shape index (κ3) is 4.79. The molecule has 3 N–H and O–H groups in total. The molecule has 0 spiro atoms. The first-order chi connectivity index (χ1) is 10.7. The molecule has 0 saturated heterocycles. The largest absolute Gasteiger partial charge is 0.453 e. The highest BCUT2D eigenvalue weighted by molar-refractivity contribution is 5.66. The lowest BCUT2D eigenvalue weighted by atomic mass is 10.1. The van der Waals surface area contributed by atoms with Crippen molar-refractivity contribution in [3.8, 4) is 0 Å². The summed E-state index contributed by atoms with van der Waals surface area (Å²) in [4.78, 5) is 11.0. The van der Waals surface area contributed by atoms with Gasteiger partial charge in [0.1, 0.15) is 0 Å². The Balaban J connectivity index is 1.84. The van der Waals surface area contributed by atoms with Gasteiger partial charge < -0.3 is 20.5 Å². The monoisotopic (exact) mass is 300 g/mol. The van der Waals surface area contributed by atoms with E-state index in [4.69, 9.17) is 5.11 Å². The van der Waals surface area contributed by atoms with Gasteiger partial charge in [-0.1, -0.05) is 36.4 Å². The molecule has 0 aromatic heterocycles. The second kappa shape index (κ2) is 8.05. The Hall–Kier alpha value is -2.53. The van der Waals surface area contributed by atoms with Gasteiger partial charge in [0.15, 0.2) is 0 Å². The summed E-state index contributed by atoms with van der Waals surface area (Å²) in [5.74, 6) is 0. The van der Waals surface area contributed by atoms with Crippen molar-refractivity contribution in [1.29, 1.82) is 0 Å². The molecule has 2 rings (SSSR count). The maximum atomic E-state index is 11.0. The molecule has 1 amide bonds. The first-order valence-electron chi connectivity index (χ1n) is 7.04. The second-order valence-corrected chi connectivity index (χ2v) is 4.87. The third-order valence-corrected chi connectivity index (χ3v) is 3.28. The minimum Gasteiger partial charge on any atom is -0.453 e. The lowest BCUT2D eigenvalue weighted by Crippen LogP contribution is -2.22. The van der Waals surface area contributed by atoms with Crippen LogP contribution < -0.4 is 10.6 Å². The first kappa shape index (κ1) is 15.9.